The number of halogens is 1. The molecule has 0 bridgehead atoms. The molecule has 0 aliphatic rings. The molecule has 5 nitrogen and oxygen atoms in total. The van der Waals surface area contributed by atoms with Gasteiger partial charge in [-0.2, -0.15) is 0 Å². The minimum absolute atomic E-state index is 0.243. The second-order valence-electron chi connectivity index (χ2n) is 3.89. The van der Waals surface area contributed by atoms with E-state index in [1.54, 1.807) is 12.1 Å². The van der Waals surface area contributed by atoms with Gasteiger partial charge in [-0.3, -0.25) is 0 Å². The molecule has 18 heavy (non-hydrogen) atoms. The monoisotopic (exact) mass is 247 g/mol. The quantitative estimate of drug-likeness (QED) is 0.633. The van der Waals surface area contributed by atoms with Gasteiger partial charge in [-0.25, -0.2) is 20.2 Å². The minimum Gasteiger partial charge on any atom is -0.355 e. The Morgan fingerprint density at radius 2 is 2.17 bits per heavy atom. The number of aromatic nitrogens is 2. The summed E-state index contributed by atoms with van der Waals surface area (Å²) in [4.78, 5) is 9.95. The standard InChI is InChI=1S/C12H14FN5/c1-18(7-9-3-2-4-10(13)5-9)12-6-11(17-14)15-8-16-12/h2-6,8H,7,14H2,1H3,(H,15,16,17). The molecule has 2 rings (SSSR count). The number of nitrogens with two attached hydrogens (primary N) is 1. The molecular formula is C12H14FN5. The third kappa shape index (κ3) is 2.92. The maximum Gasteiger partial charge on any atom is 0.145 e. The summed E-state index contributed by atoms with van der Waals surface area (Å²) in [6.07, 6.45) is 1.42. The topological polar surface area (TPSA) is 67.1 Å². The second kappa shape index (κ2) is 5.42. The van der Waals surface area contributed by atoms with E-state index < -0.39 is 0 Å². The molecule has 0 radical (unpaired) electrons. The Bertz CT molecular complexity index is 531. The van der Waals surface area contributed by atoms with Crippen molar-refractivity contribution in [2.45, 2.75) is 6.54 Å². The zero-order valence-corrected chi connectivity index (χ0v) is 9.97. The number of hydrazine groups is 1. The summed E-state index contributed by atoms with van der Waals surface area (Å²) in [6.45, 7) is 0.554. The van der Waals surface area contributed by atoms with Crippen molar-refractivity contribution in [3.63, 3.8) is 0 Å². The number of hydrogen-bond donors (Lipinski definition) is 2. The molecule has 1 aromatic heterocycles. The lowest BCUT2D eigenvalue weighted by molar-refractivity contribution is 0.625. The van der Waals surface area contributed by atoms with Gasteiger partial charge in [0.25, 0.3) is 0 Å². The van der Waals surface area contributed by atoms with Crippen molar-refractivity contribution in [2.75, 3.05) is 17.4 Å². The normalized spacial score (nSPS) is 10.2. The van der Waals surface area contributed by atoms with Crippen LogP contribution in [0.4, 0.5) is 16.0 Å². The molecule has 0 atom stereocenters. The molecule has 0 fully saturated rings. The fraction of sp³-hybridized carbons (Fsp3) is 0.167. The Hall–Kier alpha value is -2.21. The molecule has 0 aliphatic carbocycles. The molecule has 0 saturated heterocycles. The van der Waals surface area contributed by atoms with Gasteiger partial charge in [-0.05, 0) is 17.7 Å². The molecule has 0 unspecified atom stereocenters. The fourth-order valence-corrected chi connectivity index (χ4v) is 1.62. The molecule has 3 N–H and O–H groups in total. The van der Waals surface area contributed by atoms with Crippen LogP contribution in [0.25, 0.3) is 0 Å². The van der Waals surface area contributed by atoms with Crippen LogP contribution in [0, 0.1) is 5.82 Å². The molecule has 0 aliphatic heterocycles. The fourth-order valence-electron chi connectivity index (χ4n) is 1.62. The Morgan fingerprint density at radius 3 is 2.89 bits per heavy atom. The Balaban J connectivity index is 2.13. The molecule has 94 valence electrons. The molecule has 2 aromatic rings. The van der Waals surface area contributed by atoms with Crippen molar-refractivity contribution in [2.24, 2.45) is 5.84 Å². The molecule has 0 amide bonds. The maximum atomic E-state index is 13.1. The van der Waals surface area contributed by atoms with Gasteiger partial charge in [0.2, 0.25) is 0 Å². The molecular weight excluding hydrogens is 233 g/mol. The highest BCUT2D eigenvalue weighted by Crippen LogP contribution is 2.15. The first-order valence-corrected chi connectivity index (χ1v) is 5.43. The SMILES string of the molecule is CN(Cc1cccc(F)c1)c1cc(NN)ncn1. The van der Waals surface area contributed by atoms with E-state index in [2.05, 4.69) is 15.4 Å². The van der Waals surface area contributed by atoms with Crippen molar-refractivity contribution in [1.82, 2.24) is 9.97 Å². The van der Waals surface area contributed by atoms with Gasteiger partial charge in [0, 0.05) is 19.7 Å². The van der Waals surface area contributed by atoms with Gasteiger partial charge in [0.05, 0.1) is 0 Å². The summed E-state index contributed by atoms with van der Waals surface area (Å²) < 4.78 is 13.1. The summed E-state index contributed by atoms with van der Waals surface area (Å²) in [7, 11) is 1.87. The molecule has 0 saturated carbocycles. The zero-order chi connectivity index (χ0) is 13.0. The van der Waals surface area contributed by atoms with Gasteiger partial charge >= 0.3 is 0 Å². The lowest BCUT2D eigenvalue weighted by Gasteiger charge is -2.18. The number of nitrogen functional groups attached to an aromatic ring is 1. The third-order valence-electron chi connectivity index (χ3n) is 2.50. The lowest BCUT2D eigenvalue weighted by Crippen LogP contribution is -2.18. The van der Waals surface area contributed by atoms with E-state index in [1.807, 2.05) is 18.0 Å². The number of hydrogen-bond acceptors (Lipinski definition) is 5. The van der Waals surface area contributed by atoms with Gasteiger partial charge in [-0.1, -0.05) is 12.1 Å². The largest absolute Gasteiger partial charge is 0.355 e. The predicted octanol–water partition coefficient (Wildman–Crippen LogP) is 1.54. The van der Waals surface area contributed by atoms with E-state index >= 15 is 0 Å². The Kier molecular flexibility index (Phi) is 3.69. The Labute approximate surface area is 104 Å². The van der Waals surface area contributed by atoms with Crippen LogP contribution in [0.15, 0.2) is 36.7 Å². The zero-order valence-electron chi connectivity index (χ0n) is 9.97. The van der Waals surface area contributed by atoms with E-state index in [1.165, 1.54) is 18.5 Å². The summed E-state index contributed by atoms with van der Waals surface area (Å²) in [5, 5.41) is 0. The van der Waals surface area contributed by atoms with Crippen LogP contribution < -0.4 is 16.2 Å². The summed E-state index contributed by atoms with van der Waals surface area (Å²) in [5.74, 6) is 6.28. The number of rotatable bonds is 4. The van der Waals surface area contributed by atoms with Crippen molar-refractivity contribution in [3.8, 4) is 0 Å². The van der Waals surface area contributed by atoms with Crippen molar-refractivity contribution < 1.29 is 4.39 Å². The van der Waals surface area contributed by atoms with Gasteiger partial charge in [0.15, 0.2) is 0 Å². The lowest BCUT2D eigenvalue weighted by atomic mass is 10.2. The first-order valence-electron chi connectivity index (χ1n) is 5.43. The van der Waals surface area contributed by atoms with Crippen molar-refractivity contribution in [3.05, 3.63) is 48.0 Å². The van der Waals surface area contributed by atoms with E-state index in [0.29, 0.717) is 18.2 Å². The highest BCUT2D eigenvalue weighted by atomic mass is 19.1. The summed E-state index contributed by atoms with van der Waals surface area (Å²) in [6, 6.07) is 8.19. The summed E-state index contributed by atoms with van der Waals surface area (Å²) in [5.41, 5.74) is 3.33. The van der Waals surface area contributed by atoms with Gasteiger partial charge < -0.3 is 10.3 Å². The molecule has 6 heteroatoms. The first kappa shape index (κ1) is 12.3. The number of nitrogens with one attached hydrogen (secondary N) is 1. The predicted molar refractivity (Wildman–Crippen MR) is 68.3 cm³/mol. The van der Waals surface area contributed by atoms with E-state index in [0.717, 1.165) is 5.56 Å². The molecule has 0 spiro atoms. The average Bonchev–Trinajstić information content (AvgIpc) is 2.39. The Morgan fingerprint density at radius 1 is 1.33 bits per heavy atom. The smallest absolute Gasteiger partial charge is 0.145 e. The molecule has 1 heterocycles. The first-order chi connectivity index (χ1) is 8.69. The average molecular weight is 247 g/mol. The number of nitrogens with zero attached hydrogens (tertiary/aromatic N) is 3. The van der Waals surface area contributed by atoms with Crippen LogP contribution in [-0.4, -0.2) is 17.0 Å². The van der Waals surface area contributed by atoms with Crippen molar-refractivity contribution >= 4 is 11.6 Å². The van der Waals surface area contributed by atoms with Crippen LogP contribution in [-0.2, 0) is 6.54 Å². The second-order valence-corrected chi connectivity index (χ2v) is 3.89. The van der Waals surface area contributed by atoms with Crippen molar-refractivity contribution in [1.29, 1.82) is 0 Å². The number of benzene rings is 1. The highest BCUT2D eigenvalue weighted by Gasteiger charge is 2.05. The van der Waals surface area contributed by atoms with E-state index in [9.17, 15) is 4.39 Å². The third-order valence-corrected chi connectivity index (χ3v) is 2.50. The van der Waals surface area contributed by atoms with E-state index in [4.69, 9.17) is 5.84 Å². The maximum absolute atomic E-state index is 13.1. The minimum atomic E-state index is -0.243. The van der Waals surface area contributed by atoms with Crippen LogP contribution in [0.2, 0.25) is 0 Å². The molecule has 1 aromatic carbocycles. The van der Waals surface area contributed by atoms with E-state index in [-0.39, 0.29) is 5.82 Å². The van der Waals surface area contributed by atoms with Crippen LogP contribution >= 0.6 is 0 Å². The van der Waals surface area contributed by atoms with Crippen LogP contribution in [0.3, 0.4) is 0 Å². The van der Waals surface area contributed by atoms with Gasteiger partial charge in [0.1, 0.15) is 23.8 Å². The summed E-state index contributed by atoms with van der Waals surface area (Å²) >= 11 is 0. The van der Waals surface area contributed by atoms with Gasteiger partial charge in [-0.15, -0.1) is 0 Å². The van der Waals surface area contributed by atoms with Crippen LogP contribution in [0.1, 0.15) is 5.56 Å². The number of anilines is 2. The highest BCUT2D eigenvalue weighted by molar-refractivity contribution is 5.47. The van der Waals surface area contributed by atoms with Crippen LogP contribution in [0.5, 0.6) is 0 Å².